The fourth-order valence-electron chi connectivity index (χ4n) is 3.55. The normalized spacial score (nSPS) is 24.0. The molecule has 0 aliphatic heterocycles. The van der Waals surface area contributed by atoms with Crippen LogP contribution in [0.15, 0.2) is 24.3 Å². The van der Waals surface area contributed by atoms with Gasteiger partial charge in [-0.25, -0.2) is 0 Å². The predicted octanol–water partition coefficient (Wildman–Crippen LogP) is 3.08. The first-order valence-corrected chi connectivity index (χ1v) is 8.87. The zero-order valence-corrected chi connectivity index (χ0v) is 14.8. The van der Waals surface area contributed by atoms with E-state index in [2.05, 4.69) is 34.7 Å². The molecule has 130 valence electrons. The molecular weight excluding hydrogens is 302 g/mol. The maximum atomic E-state index is 5.51. The third-order valence-corrected chi connectivity index (χ3v) is 5.05. The van der Waals surface area contributed by atoms with Crippen LogP contribution < -0.4 is 10.1 Å². The van der Waals surface area contributed by atoms with Gasteiger partial charge in [-0.2, -0.15) is 4.68 Å². The molecule has 2 aromatic rings. The number of para-hydroxylation sites is 2. The minimum absolute atomic E-state index is 0.160. The van der Waals surface area contributed by atoms with Crippen molar-refractivity contribution in [3.63, 3.8) is 0 Å². The third-order valence-electron chi connectivity index (χ3n) is 5.05. The summed E-state index contributed by atoms with van der Waals surface area (Å²) in [5.41, 5.74) is 0.726. The zero-order valence-electron chi connectivity index (χ0n) is 14.8. The van der Waals surface area contributed by atoms with Gasteiger partial charge < -0.3 is 10.1 Å². The zero-order chi connectivity index (χ0) is 17.0. The highest BCUT2D eigenvalue weighted by atomic mass is 16.5. The number of ether oxygens (including phenoxy) is 1. The Kier molecular flexibility index (Phi) is 5.14. The lowest BCUT2D eigenvalue weighted by Crippen LogP contribution is -2.47. The first-order valence-electron chi connectivity index (χ1n) is 8.87. The third kappa shape index (κ3) is 3.15. The monoisotopic (exact) mass is 329 g/mol. The van der Waals surface area contributed by atoms with E-state index in [9.17, 15) is 0 Å². The van der Waals surface area contributed by atoms with Gasteiger partial charge in [0.15, 0.2) is 5.82 Å². The molecule has 24 heavy (non-hydrogen) atoms. The summed E-state index contributed by atoms with van der Waals surface area (Å²) < 4.78 is 7.35. The number of hydrogen-bond donors (Lipinski definition) is 1. The summed E-state index contributed by atoms with van der Waals surface area (Å²) in [6.07, 6.45) is 5.59. The van der Waals surface area contributed by atoms with E-state index in [1.54, 1.807) is 7.11 Å². The van der Waals surface area contributed by atoms with Crippen molar-refractivity contribution in [1.82, 2.24) is 25.5 Å². The van der Waals surface area contributed by atoms with Crippen molar-refractivity contribution in [2.45, 2.75) is 51.5 Å². The van der Waals surface area contributed by atoms with Crippen molar-refractivity contribution >= 4 is 0 Å². The molecule has 0 saturated heterocycles. The summed E-state index contributed by atoms with van der Waals surface area (Å²) in [5.74, 6) is 2.44. The lowest BCUT2D eigenvalue weighted by Gasteiger charge is -2.39. The molecule has 0 radical (unpaired) electrons. The largest absolute Gasteiger partial charge is 0.494 e. The van der Waals surface area contributed by atoms with Crippen molar-refractivity contribution in [3.05, 3.63) is 30.1 Å². The van der Waals surface area contributed by atoms with E-state index >= 15 is 0 Å². The predicted molar refractivity (Wildman–Crippen MR) is 93.3 cm³/mol. The summed E-state index contributed by atoms with van der Waals surface area (Å²) in [6, 6.07) is 7.88. The molecule has 1 aromatic heterocycles. The Hall–Kier alpha value is -1.95. The van der Waals surface area contributed by atoms with Crippen LogP contribution in [0.3, 0.4) is 0 Å². The minimum Gasteiger partial charge on any atom is -0.494 e. The van der Waals surface area contributed by atoms with Crippen molar-refractivity contribution < 1.29 is 4.74 Å². The van der Waals surface area contributed by atoms with E-state index in [1.807, 2.05) is 28.9 Å². The molecule has 1 aliphatic rings. The highest BCUT2D eigenvalue weighted by Gasteiger charge is 2.40. The van der Waals surface area contributed by atoms with Crippen LogP contribution in [0.2, 0.25) is 0 Å². The number of methoxy groups -OCH3 is 1. The second kappa shape index (κ2) is 7.30. The number of hydrogen-bond acceptors (Lipinski definition) is 5. The minimum atomic E-state index is -0.160. The molecule has 0 bridgehead atoms. The van der Waals surface area contributed by atoms with Crippen LogP contribution in [-0.2, 0) is 5.54 Å². The smallest absolute Gasteiger partial charge is 0.176 e. The molecule has 1 N–H and O–H groups in total. The van der Waals surface area contributed by atoms with Crippen molar-refractivity contribution in [2.24, 2.45) is 5.92 Å². The molecule has 6 nitrogen and oxygen atoms in total. The molecule has 0 unspecified atom stereocenters. The Bertz CT molecular complexity index is 655. The van der Waals surface area contributed by atoms with Crippen molar-refractivity contribution in [1.29, 1.82) is 0 Å². The molecule has 0 spiro atoms. The quantitative estimate of drug-likeness (QED) is 0.882. The van der Waals surface area contributed by atoms with E-state index in [1.165, 1.54) is 12.8 Å². The summed E-state index contributed by atoms with van der Waals surface area (Å²) >= 11 is 0. The van der Waals surface area contributed by atoms with Gasteiger partial charge in [-0.05, 0) is 67.1 Å². The number of tetrazole rings is 1. The lowest BCUT2D eigenvalue weighted by atomic mass is 9.76. The lowest BCUT2D eigenvalue weighted by molar-refractivity contribution is 0.182. The maximum Gasteiger partial charge on any atom is 0.176 e. The number of benzene rings is 1. The summed E-state index contributed by atoms with van der Waals surface area (Å²) in [4.78, 5) is 0. The molecule has 1 saturated carbocycles. The van der Waals surface area contributed by atoms with Crippen molar-refractivity contribution in [2.75, 3.05) is 13.7 Å². The fourth-order valence-corrected chi connectivity index (χ4v) is 3.55. The molecular formula is C18H27N5O. The van der Waals surface area contributed by atoms with E-state index in [0.29, 0.717) is 0 Å². The van der Waals surface area contributed by atoms with Crippen LogP contribution >= 0.6 is 0 Å². The number of aromatic nitrogens is 4. The van der Waals surface area contributed by atoms with Crippen LogP contribution in [0.25, 0.3) is 5.69 Å². The number of nitrogens with zero attached hydrogens (tertiary/aromatic N) is 4. The van der Waals surface area contributed by atoms with Crippen LogP contribution in [0.4, 0.5) is 0 Å². The van der Waals surface area contributed by atoms with Gasteiger partial charge in [-0.15, -0.1) is 5.10 Å². The van der Waals surface area contributed by atoms with Gasteiger partial charge in [0.1, 0.15) is 11.4 Å². The van der Waals surface area contributed by atoms with Gasteiger partial charge in [0.25, 0.3) is 0 Å². The second-order valence-electron chi connectivity index (χ2n) is 6.78. The fraction of sp³-hybridized carbons (Fsp3) is 0.611. The van der Waals surface area contributed by atoms with Crippen LogP contribution in [0, 0.1) is 5.92 Å². The Morgan fingerprint density at radius 1 is 1.29 bits per heavy atom. The van der Waals surface area contributed by atoms with Gasteiger partial charge in [-0.1, -0.05) is 26.0 Å². The van der Waals surface area contributed by atoms with Gasteiger partial charge >= 0.3 is 0 Å². The number of nitrogens with one attached hydrogen (secondary N) is 1. The Labute approximate surface area is 143 Å². The van der Waals surface area contributed by atoms with Gasteiger partial charge in [-0.3, -0.25) is 0 Å². The van der Waals surface area contributed by atoms with E-state index in [4.69, 9.17) is 4.74 Å². The van der Waals surface area contributed by atoms with Gasteiger partial charge in [0.2, 0.25) is 0 Å². The molecule has 0 amide bonds. The van der Waals surface area contributed by atoms with E-state index in [0.717, 1.165) is 49.0 Å². The SMILES string of the molecule is CCCNC1(c2nnnn2-c2ccccc2OC)CCC(C)CC1. The average molecular weight is 329 g/mol. The molecule has 1 heterocycles. The molecule has 3 rings (SSSR count). The van der Waals surface area contributed by atoms with Gasteiger partial charge in [0, 0.05) is 0 Å². The van der Waals surface area contributed by atoms with Crippen LogP contribution in [0.1, 0.15) is 51.8 Å². The molecule has 1 aliphatic carbocycles. The Morgan fingerprint density at radius 3 is 2.75 bits per heavy atom. The average Bonchev–Trinajstić information content (AvgIpc) is 3.12. The topological polar surface area (TPSA) is 64.9 Å². The summed E-state index contributed by atoms with van der Waals surface area (Å²) in [5, 5.41) is 16.4. The Balaban J connectivity index is 2.02. The van der Waals surface area contributed by atoms with Crippen molar-refractivity contribution in [3.8, 4) is 11.4 Å². The summed E-state index contributed by atoms with van der Waals surface area (Å²) in [6.45, 7) is 5.48. The van der Waals surface area contributed by atoms with Gasteiger partial charge in [0.05, 0.1) is 12.6 Å². The molecule has 1 aromatic carbocycles. The van der Waals surface area contributed by atoms with E-state index in [-0.39, 0.29) is 5.54 Å². The highest BCUT2D eigenvalue weighted by Crippen LogP contribution is 2.39. The summed E-state index contributed by atoms with van der Waals surface area (Å²) in [7, 11) is 1.68. The van der Waals surface area contributed by atoms with Crippen LogP contribution in [0.5, 0.6) is 5.75 Å². The van der Waals surface area contributed by atoms with E-state index < -0.39 is 0 Å². The molecule has 1 fully saturated rings. The maximum absolute atomic E-state index is 5.51. The number of rotatable bonds is 6. The first-order chi connectivity index (χ1) is 11.7. The standard InChI is InChI=1S/C18H27N5O/c1-4-13-19-18(11-9-14(2)10-12-18)17-20-21-22-23(17)15-7-5-6-8-16(15)24-3/h5-8,14,19H,4,9-13H2,1-3H3. The second-order valence-corrected chi connectivity index (χ2v) is 6.78. The first kappa shape index (κ1) is 16.9. The molecule has 0 atom stereocenters. The highest BCUT2D eigenvalue weighted by molar-refractivity contribution is 5.46. The molecule has 6 heteroatoms. The Morgan fingerprint density at radius 2 is 2.04 bits per heavy atom. The van der Waals surface area contributed by atoms with Crippen LogP contribution in [-0.4, -0.2) is 33.9 Å².